The van der Waals surface area contributed by atoms with Gasteiger partial charge in [0.05, 0.1) is 17.9 Å². The van der Waals surface area contributed by atoms with Crippen molar-refractivity contribution in [2.75, 3.05) is 32.8 Å². The van der Waals surface area contributed by atoms with Crippen LogP contribution < -0.4 is 0 Å². The van der Waals surface area contributed by atoms with Crippen LogP contribution in [-0.4, -0.2) is 65.1 Å². The Morgan fingerprint density at radius 2 is 1.68 bits per heavy atom. The summed E-state index contributed by atoms with van der Waals surface area (Å²) in [5.74, 6) is -0.238. The van der Waals surface area contributed by atoms with Gasteiger partial charge in [0.1, 0.15) is 6.54 Å². The minimum absolute atomic E-state index is 0.0921. The summed E-state index contributed by atoms with van der Waals surface area (Å²) in [6.07, 6.45) is 1.12. The number of rotatable bonds is 7. The Kier molecular flexibility index (Phi) is 7.55. The third kappa shape index (κ3) is 4.85. The van der Waals surface area contributed by atoms with Gasteiger partial charge < -0.3 is 14.2 Å². The van der Waals surface area contributed by atoms with Crippen LogP contribution in [0.15, 0.2) is 30.3 Å². The van der Waals surface area contributed by atoms with E-state index < -0.39 is 0 Å². The SMILES string of the molecule is CCOC(=O)c1c(C)c(-c2ccccc2)n(CC(=O)N2CCN(C(C)CC)CC2)c1C. The first-order valence-electron chi connectivity index (χ1n) is 11.3. The lowest BCUT2D eigenvalue weighted by Crippen LogP contribution is -2.51. The molecule has 0 bridgehead atoms. The van der Waals surface area contributed by atoms with Gasteiger partial charge in [0.15, 0.2) is 0 Å². The molecule has 2 aromatic rings. The number of carbonyl (C=O) groups is 2. The summed E-state index contributed by atoms with van der Waals surface area (Å²) in [5.41, 5.74) is 4.11. The van der Waals surface area contributed by atoms with Crippen molar-refractivity contribution in [3.8, 4) is 11.3 Å². The summed E-state index contributed by atoms with van der Waals surface area (Å²) >= 11 is 0. The van der Waals surface area contributed by atoms with Crippen molar-refractivity contribution < 1.29 is 14.3 Å². The van der Waals surface area contributed by atoms with E-state index in [2.05, 4.69) is 18.7 Å². The first-order chi connectivity index (χ1) is 14.9. The molecule has 1 amide bonds. The van der Waals surface area contributed by atoms with Crippen molar-refractivity contribution in [2.24, 2.45) is 0 Å². The van der Waals surface area contributed by atoms with Gasteiger partial charge in [0.2, 0.25) is 5.91 Å². The molecule has 31 heavy (non-hydrogen) atoms. The van der Waals surface area contributed by atoms with Gasteiger partial charge in [-0.1, -0.05) is 37.3 Å². The first-order valence-corrected chi connectivity index (χ1v) is 11.3. The van der Waals surface area contributed by atoms with Crippen molar-refractivity contribution >= 4 is 11.9 Å². The molecule has 6 nitrogen and oxygen atoms in total. The Hall–Kier alpha value is -2.60. The van der Waals surface area contributed by atoms with Crippen LogP contribution in [-0.2, 0) is 16.1 Å². The molecular formula is C25H35N3O3. The van der Waals surface area contributed by atoms with Crippen LogP contribution in [0.25, 0.3) is 11.3 Å². The molecule has 0 spiro atoms. The predicted molar refractivity (Wildman–Crippen MR) is 123 cm³/mol. The Labute approximate surface area is 185 Å². The molecule has 1 unspecified atom stereocenters. The number of amides is 1. The normalized spacial score (nSPS) is 15.7. The van der Waals surface area contributed by atoms with Gasteiger partial charge in [-0.25, -0.2) is 4.79 Å². The average molecular weight is 426 g/mol. The monoisotopic (exact) mass is 425 g/mol. The molecule has 1 aliphatic heterocycles. The largest absolute Gasteiger partial charge is 0.462 e. The van der Waals surface area contributed by atoms with Gasteiger partial charge in [0.25, 0.3) is 0 Å². The van der Waals surface area contributed by atoms with Crippen LogP contribution in [0.4, 0.5) is 0 Å². The van der Waals surface area contributed by atoms with Crippen LogP contribution in [0, 0.1) is 13.8 Å². The molecule has 6 heteroatoms. The predicted octanol–water partition coefficient (Wildman–Crippen LogP) is 3.89. The lowest BCUT2D eigenvalue weighted by atomic mass is 10.1. The number of esters is 1. The number of hydrogen-bond acceptors (Lipinski definition) is 4. The van der Waals surface area contributed by atoms with Crippen LogP contribution in [0.2, 0.25) is 0 Å². The molecule has 3 rings (SSSR count). The minimum atomic E-state index is -0.331. The Morgan fingerprint density at radius 1 is 1.03 bits per heavy atom. The van der Waals surface area contributed by atoms with E-state index in [1.54, 1.807) is 6.92 Å². The highest BCUT2D eigenvalue weighted by atomic mass is 16.5. The van der Waals surface area contributed by atoms with Crippen LogP contribution in [0.3, 0.4) is 0 Å². The fraction of sp³-hybridized carbons (Fsp3) is 0.520. The molecule has 0 aliphatic carbocycles. The number of ether oxygens (including phenoxy) is 1. The van der Waals surface area contributed by atoms with Gasteiger partial charge in [-0.05, 0) is 45.2 Å². The van der Waals surface area contributed by atoms with Gasteiger partial charge in [0, 0.05) is 37.9 Å². The zero-order chi connectivity index (χ0) is 22.5. The second-order valence-electron chi connectivity index (χ2n) is 8.28. The number of nitrogens with zero attached hydrogens (tertiary/aromatic N) is 3. The Morgan fingerprint density at radius 3 is 2.26 bits per heavy atom. The van der Waals surface area contributed by atoms with Crippen LogP contribution >= 0.6 is 0 Å². The highest BCUT2D eigenvalue weighted by Crippen LogP contribution is 2.32. The summed E-state index contributed by atoms with van der Waals surface area (Å²) < 4.78 is 7.29. The summed E-state index contributed by atoms with van der Waals surface area (Å²) in [4.78, 5) is 30.3. The molecule has 1 atom stereocenters. The Bertz CT molecular complexity index is 912. The summed E-state index contributed by atoms with van der Waals surface area (Å²) in [5, 5.41) is 0. The second-order valence-corrected chi connectivity index (χ2v) is 8.28. The summed E-state index contributed by atoms with van der Waals surface area (Å²) in [6.45, 7) is 13.9. The molecule has 1 aromatic carbocycles. The van der Waals surface area contributed by atoms with Crippen molar-refractivity contribution in [3.05, 3.63) is 47.2 Å². The van der Waals surface area contributed by atoms with E-state index in [9.17, 15) is 9.59 Å². The quantitative estimate of drug-likeness (QED) is 0.632. The summed E-state index contributed by atoms with van der Waals surface area (Å²) in [6, 6.07) is 10.5. The van der Waals surface area contributed by atoms with Gasteiger partial charge in [-0.15, -0.1) is 0 Å². The second kappa shape index (κ2) is 10.1. The van der Waals surface area contributed by atoms with E-state index in [0.29, 0.717) is 18.2 Å². The molecule has 168 valence electrons. The fourth-order valence-electron chi connectivity index (χ4n) is 4.47. The molecule has 1 aliphatic rings. The van der Waals surface area contributed by atoms with E-state index in [-0.39, 0.29) is 18.4 Å². The maximum atomic E-state index is 13.2. The lowest BCUT2D eigenvalue weighted by molar-refractivity contribution is -0.133. The summed E-state index contributed by atoms with van der Waals surface area (Å²) in [7, 11) is 0. The average Bonchev–Trinajstić information content (AvgIpc) is 3.03. The van der Waals surface area contributed by atoms with Crippen molar-refractivity contribution in [2.45, 2.75) is 53.6 Å². The first kappa shape index (κ1) is 23.1. The Balaban J connectivity index is 1.89. The van der Waals surface area contributed by atoms with Gasteiger partial charge >= 0.3 is 5.97 Å². The van der Waals surface area contributed by atoms with Crippen LogP contribution in [0.1, 0.15) is 48.8 Å². The molecule has 2 heterocycles. The minimum Gasteiger partial charge on any atom is -0.462 e. The van der Waals surface area contributed by atoms with Crippen molar-refractivity contribution in [3.63, 3.8) is 0 Å². The lowest BCUT2D eigenvalue weighted by Gasteiger charge is -2.38. The molecule has 0 N–H and O–H groups in total. The number of carbonyl (C=O) groups excluding carboxylic acids is 2. The van der Waals surface area contributed by atoms with E-state index in [0.717, 1.165) is 55.1 Å². The topological polar surface area (TPSA) is 54.8 Å². The number of hydrogen-bond donors (Lipinski definition) is 0. The molecule has 1 saturated heterocycles. The third-order valence-electron chi connectivity index (χ3n) is 6.47. The van der Waals surface area contributed by atoms with E-state index in [4.69, 9.17) is 4.74 Å². The third-order valence-corrected chi connectivity index (χ3v) is 6.47. The standard InChI is InChI=1S/C25H35N3O3/c1-6-18(3)26-13-15-27(16-14-26)22(29)17-28-20(5)23(25(30)31-7-2)19(4)24(28)21-11-9-8-10-12-21/h8-12,18H,6-7,13-17H2,1-5H3. The molecular weight excluding hydrogens is 390 g/mol. The van der Waals surface area contributed by atoms with E-state index in [1.165, 1.54) is 0 Å². The number of benzene rings is 1. The molecule has 0 saturated carbocycles. The molecule has 0 radical (unpaired) electrons. The number of aromatic nitrogens is 1. The van der Waals surface area contributed by atoms with Crippen LogP contribution in [0.5, 0.6) is 0 Å². The highest BCUT2D eigenvalue weighted by Gasteiger charge is 2.28. The number of piperazine rings is 1. The smallest absolute Gasteiger partial charge is 0.340 e. The highest BCUT2D eigenvalue weighted by molar-refractivity contribution is 5.95. The maximum absolute atomic E-state index is 13.2. The van der Waals surface area contributed by atoms with E-state index in [1.807, 2.05) is 53.6 Å². The van der Waals surface area contributed by atoms with Crippen molar-refractivity contribution in [1.29, 1.82) is 0 Å². The van der Waals surface area contributed by atoms with E-state index >= 15 is 0 Å². The zero-order valence-electron chi connectivity index (χ0n) is 19.5. The van der Waals surface area contributed by atoms with Gasteiger partial charge in [-0.3, -0.25) is 9.69 Å². The maximum Gasteiger partial charge on any atom is 0.340 e. The van der Waals surface area contributed by atoms with Crippen molar-refractivity contribution in [1.82, 2.24) is 14.4 Å². The fourth-order valence-corrected chi connectivity index (χ4v) is 4.47. The molecule has 1 fully saturated rings. The molecule has 1 aromatic heterocycles. The van der Waals surface area contributed by atoms with Gasteiger partial charge in [-0.2, -0.15) is 0 Å². The zero-order valence-corrected chi connectivity index (χ0v) is 19.5.